The van der Waals surface area contributed by atoms with Crippen molar-refractivity contribution in [2.24, 2.45) is 0 Å². The Morgan fingerprint density at radius 3 is 2.63 bits per heavy atom. The summed E-state index contributed by atoms with van der Waals surface area (Å²) in [6, 6.07) is 0. The summed E-state index contributed by atoms with van der Waals surface area (Å²) in [5, 5.41) is 29.3. The van der Waals surface area contributed by atoms with Crippen LogP contribution in [0, 0.1) is 0 Å². The number of methoxy groups -OCH3 is 1. The molecule has 2 aliphatic heterocycles. The van der Waals surface area contributed by atoms with Crippen molar-refractivity contribution >= 4 is 5.91 Å². The van der Waals surface area contributed by atoms with E-state index in [1.54, 1.807) is 4.90 Å². The highest BCUT2D eigenvalue weighted by atomic mass is 16.7. The lowest BCUT2D eigenvalue weighted by atomic mass is 9.98. The van der Waals surface area contributed by atoms with E-state index in [9.17, 15) is 20.1 Å². The number of hydrogen-bond donors (Lipinski definition) is 3. The predicted molar refractivity (Wildman–Crippen MR) is 64.1 cm³/mol. The number of rotatable bonds is 3. The molecule has 5 atom stereocenters. The van der Waals surface area contributed by atoms with E-state index >= 15 is 0 Å². The lowest BCUT2D eigenvalue weighted by Crippen LogP contribution is -2.61. The molecular weight excluding hydrogens is 254 g/mol. The number of piperidine rings is 1. The molecule has 0 aromatic carbocycles. The number of likely N-dealkylation sites (tertiary alicyclic amines) is 1. The van der Waals surface area contributed by atoms with Crippen molar-refractivity contribution in [2.45, 2.75) is 50.0 Å². The maximum absolute atomic E-state index is 11.7. The van der Waals surface area contributed by atoms with Crippen molar-refractivity contribution in [1.82, 2.24) is 4.90 Å². The van der Waals surface area contributed by atoms with Crippen LogP contribution < -0.4 is 0 Å². The van der Waals surface area contributed by atoms with E-state index in [0.29, 0.717) is 13.0 Å². The van der Waals surface area contributed by atoms with Gasteiger partial charge in [0.2, 0.25) is 5.91 Å². The fraction of sp³-hybridized carbons (Fsp3) is 0.917. The third-order valence-electron chi connectivity index (χ3n) is 3.72. The number of hydrogen-bond acceptors (Lipinski definition) is 6. The van der Waals surface area contributed by atoms with Gasteiger partial charge in [-0.25, -0.2) is 0 Å². The third-order valence-corrected chi connectivity index (χ3v) is 3.72. The summed E-state index contributed by atoms with van der Waals surface area (Å²) in [5.41, 5.74) is 0. The first-order valence-corrected chi connectivity index (χ1v) is 6.55. The molecule has 2 aliphatic rings. The Morgan fingerprint density at radius 2 is 2.00 bits per heavy atom. The van der Waals surface area contributed by atoms with E-state index in [2.05, 4.69) is 0 Å². The molecule has 0 saturated carbocycles. The first-order chi connectivity index (χ1) is 9.04. The second-order valence-corrected chi connectivity index (χ2v) is 5.05. The fourth-order valence-electron chi connectivity index (χ4n) is 2.53. The number of aliphatic hydroxyl groups excluding tert-OH is 3. The van der Waals surface area contributed by atoms with Gasteiger partial charge in [-0.05, 0) is 12.8 Å². The molecule has 0 aliphatic carbocycles. The zero-order valence-electron chi connectivity index (χ0n) is 10.9. The monoisotopic (exact) mass is 275 g/mol. The molecule has 19 heavy (non-hydrogen) atoms. The SMILES string of the molecule is CO[C@H]1O[C@H](CN2CCCCC2=O)[C@@H](O)[C@H](O)[C@@H]1O. The van der Waals surface area contributed by atoms with Gasteiger partial charge < -0.3 is 29.7 Å². The molecule has 0 radical (unpaired) electrons. The Morgan fingerprint density at radius 1 is 1.26 bits per heavy atom. The van der Waals surface area contributed by atoms with Crippen LogP contribution in [0.1, 0.15) is 19.3 Å². The summed E-state index contributed by atoms with van der Waals surface area (Å²) in [4.78, 5) is 13.3. The second kappa shape index (κ2) is 6.15. The zero-order valence-corrected chi connectivity index (χ0v) is 10.9. The second-order valence-electron chi connectivity index (χ2n) is 5.05. The topological polar surface area (TPSA) is 99.5 Å². The largest absolute Gasteiger partial charge is 0.388 e. The molecule has 0 aromatic heterocycles. The summed E-state index contributed by atoms with van der Waals surface area (Å²) in [6.07, 6.45) is -3.33. The van der Waals surface area contributed by atoms with Crippen LogP contribution in [0.2, 0.25) is 0 Å². The summed E-state index contributed by atoms with van der Waals surface area (Å²) < 4.78 is 10.3. The maximum atomic E-state index is 11.7. The minimum Gasteiger partial charge on any atom is -0.388 e. The fourth-order valence-corrected chi connectivity index (χ4v) is 2.53. The van der Waals surface area contributed by atoms with Gasteiger partial charge in [-0.2, -0.15) is 0 Å². The average molecular weight is 275 g/mol. The van der Waals surface area contributed by atoms with Crippen LogP contribution in [0.25, 0.3) is 0 Å². The first kappa shape index (κ1) is 14.7. The molecule has 0 bridgehead atoms. The molecule has 2 heterocycles. The normalized spacial score (nSPS) is 40.5. The Labute approximate surface area is 111 Å². The Kier molecular flexibility index (Phi) is 4.75. The van der Waals surface area contributed by atoms with Crippen LogP contribution in [0.5, 0.6) is 0 Å². The Balaban J connectivity index is 2.00. The highest BCUT2D eigenvalue weighted by molar-refractivity contribution is 5.76. The number of nitrogens with zero attached hydrogens (tertiary/aromatic N) is 1. The van der Waals surface area contributed by atoms with Gasteiger partial charge >= 0.3 is 0 Å². The maximum Gasteiger partial charge on any atom is 0.222 e. The summed E-state index contributed by atoms with van der Waals surface area (Å²) in [5.74, 6) is 0.0247. The number of ether oxygens (including phenoxy) is 2. The van der Waals surface area contributed by atoms with Crippen molar-refractivity contribution in [3.8, 4) is 0 Å². The van der Waals surface area contributed by atoms with Crippen LogP contribution in [-0.4, -0.2) is 77.0 Å². The van der Waals surface area contributed by atoms with E-state index in [-0.39, 0.29) is 12.5 Å². The Hall–Kier alpha value is -0.730. The molecule has 0 spiro atoms. The van der Waals surface area contributed by atoms with Crippen LogP contribution in [0.4, 0.5) is 0 Å². The van der Waals surface area contributed by atoms with Gasteiger partial charge in [-0.3, -0.25) is 4.79 Å². The molecule has 7 heteroatoms. The van der Waals surface area contributed by atoms with Gasteiger partial charge in [0.15, 0.2) is 6.29 Å². The van der Waals surface area contributed by atoms with Crippen LogP contribution in [0.15, 0.2) is 0 Å². The van der Waals surface area contributed by atoms with Crippen molar-refractivity contribution in [3.63, 3.8) is 0 Å². The molecule has 2 fully saturated rings. The molecule has 2 saturated heterocycles. The summed E-state index contributed by atoms with van der Waals surface area (Å²) in [7, 11) is 1.35. The lowest BCUT2D eigenvalue weighted by Gasteiger charge is -2.42. The lowest BCUT2D eigenvalue weighted by molar-refractivity contribution is -0.291. The molecule has 3 N–H and O–H groups in total. The van der Waals surface area contributed by atoms with Crippen LogP contribution in [-0.2, 0) is 14.3 Å². The number of carbonyl (C=O) groups is 1. The van der Waals surface area contributed by atoms with Gasteiger partial charge in [0.1, 0.15) is 24.4 Å². The van der Waals surface area contributed by atoms with Crippen LogP contribution >= 0.6 is 0 Å². The molecule has 1 amide bonds. The van der Waals surface area contributed by atoms with Crippen molar-refractivity contribution in [1.29, 1.82) is 0 Å². The van der Waals surface area contributed by atoms with Gasteiger partial charge in [0.25, 0.3) is 0 Å². The average Bonchev–Trinajstić information content (AvgIpc) is 2.41. The van der Waals surface area contributed by atoms with Crippen molar-refractivity contribution in [3.05, 3.63) is 0 Å². The summed E-state index contributed by atoms with van der Waals surface area (Å²) >= 11 is 0. The van der Waals surface area contributed by atoms with E-state index in [0.717, 1.165) is 12.8 Å². The highest BCUT2D eigenvalue weighted by Gasteiger charge is 2.44. The van der Waals surface area contributed by atoms with Crippen molar-refractivity contribution in [2.75, 3.05) is 20.2 Å². The highest BCUT2D eigenvalue weighted by Crippen LogP contribution is 2.23. The van der Waals surface area contributed by atoms with E-state index in [1.807, 2.05) is 0 Å². The number of carbonyl (C=O) groups excluding carboxylic acids is 1. The predicted octanol–water partition coefficient (Wildman–Crippen LogP) is -1.55. The minimum atomic E-state index is -1.34. The van der Waals surface area contributed by atoms with E-state index in [1.165, 1.54) is 7.11 Å². The number of amides is 1. The molecule has 7 nitrogen and oxygen atoms in total. The van der Waals surface area contributed by atoms with Gasteiger partial charge in [-0.1, -0.05) is 0 Å². The molecule has 0 unspecified atom stereocenters. The molecule has 2 rings (SSSR count). The minimum absolute atomic E-state index is 0.0247. The van der Waals surface area contributed by atoms with Gasteiger partial charge in [0, 0.05) is 26.6 Å². The van der Waals surface area contributed by atoms with E-state index < -0.39 is 30.7 Å². The smallest absolute Gasteiger partial charge is 0.222 e. The molecule has 110 valence electrons. The van der Waals surface area contributed by atoms with Crippen LogP contribution in [0.3, 0.4) is 0 Å². The Bertz CT molecular complexity index is 323. The quantitative estimate of drug-likeness (QED) is 0.577. The number of aliphatic hydroxyl groups is 3. The first-order valence-electron chi connectivity index (χ1n) is 6.55. The van der Waals surface area contributed by atoms with Crippen molar-refractivity contribution < 1.29 is 29.6 Å². The third kappa shape index (κ3) is 3.06. The molecular formula is C12H21NO6. The van der Waals surface area contributed by atoms with Gasteiger partial charge in [-0.15, -0.1) is 0 Å². The zero-order chi connectivity index (χ0) is 14.0. The van der Waals surface area contributed by atoms with E-state index in [4.69, 9.17) is 9.47 Å². The van der Waals surface area contributed by atoms with Gasteiger partial charge in [0.05, 0.1) is 0 Å². The summed E-state index contributed by atoms with van der Waals surface area (Å²) in [6.45, 7) is 0.825. The standard InChI is InChI=1S/C12H21NO6/c1-18-12-11(17)10(16)9(15)7(19-12)6-13-5-3-2-4-8(13)14/h7,9-12,15-17H,2-6H2,1H3/t7-,9-,10+,11+,12+/m1/s1. The molecule has 0 aromatic rings.